The maximum absolute atomic E-state index is 12.9. The second-order valence-electron chi connectivity index (χ2n) is 8.71. The first-order valence-electron chi connectivity index (χ1n) is 7.81. The minimum Gasteiger partial charge on any atom is -0.386 e. The Labute approximate surface area is 115 Å². The maximum atomic E-state index is 12.9. The van der Waals surface area contributed by atoms with Crippen LogP contribution in [0.25, 0.3) is 0 Å². The van der Waals surface area contributed by atoms with Gasteiger partial charge < -0.3 is 10.0 Å². The van der Waals surface area contributed by atoms with Crippen molar-refractivity contribution in [3.8, 4) is 0 Å². The van der Waals surface area contributed by atoms with Crippen LogP contribution in [0.5, 0.6) is 0 Å². The zero-order valence-electron chi connectivity index (χ0n) is 12.1. The molecule has 2 atom stereocenters. The topological polar surface area (TPSA) is 40.5 Å². The molecule has 5 aliphatic rings. The third-order valence-corrected chi connectivity index (χ3v) is 6.16. The number of likely N-dealkylation sites (tertiary alicyclic amines) is 1. The standard InChI is InChI=1S/C16H25NO2/c1-14-4-11-3-12(5-14)7-16(6-11,8-14)13(18)17-9-15(2,19)10-17/h11-12,19H,3-10H2,1-2H3. The molecule has 0 spiro atoms. The Morgan fingerprint density at radius 2 is 1.68 bits per heavy atom. The van der Waals surface area contributed by atoms with Crippen molar-refractivity contribution in [3.63, 3.8) is 0 Å². The lowest BCUT2D eigenvalue weighted by molar-refractivity contribution is -0.183. The lowest BCUT2D eigenvalue weighted by Crippen LogP contribution is -2.67. The summed E-state index contributed by atoms with van der Waals surface area (Å²) in [6, 6.07) is 0. The molecule has 3 heteroatoms. The van der Waals surface area contributed by atoms with E-state index >= 15 is 0 Å². The Morgan fingerprint density at radius 1 is 1.11 bits per heavy atom. The summed E-state index contributed by atoms with van der Waals surface area (Å²) in [6.45, 7) is 5.32. The lowest BCUT2D eigenvalue weighted by Gasteiger charge is -2.62. The Bertz CT molecular complexity index is 420. The van der Waals surface area contributed by atoms with Gasteiger partial charge in [0.05, 0.1) is 24.1 Å². The zero-order chi connectivity index (χ0) is 13.5. The Kier molecular flexibility index (Phi) is 2.16. The second kappa shape index (κ2) is 3.36. The fourth-order valence-electron chi connectivity index (χ4n) is 6.23. The molecule has 0 aromatic rings. The highest BCUT2D eigenvalue weighted by molar-refractivity contribution is 5.84. The molecule has 106 valence electrons. The van der Waals surface area contributed by atoms with Crippen molar-refractivity contribution in [2.75, 3.05) is 13.1 Å². The van der Waals surface area contributed by atoms with Crippen molar-refractivity contribution in [3.05, 3.63) is 0 Å². The molecule has 4 bridgehead atoms. The van der Waals surface area contributed by atoms with E-state index in [1.165, 1.54) is 19.3 Å². The van der Waals surface area contributed by atoms with Gasteiger partial charge in [0.25, 0.3) is 0 Å². The predicted octanol–water partition coefficient (Wildman–Crippen LogP) is 2.19. The minimum absolute atomic E-state index is 0.0602. The van der Waals surface area contributed by atoms with Crippen molar-refractivity contribution in [1.29, 1.82) is 0 Å². The molecule has 1 heterocycles. The average molecular weight is 263 g/mol. The Balaban J connectivity index is 1.59. The molecule has 19 heavy (non-hydrogen) atoms. The van der Waals surface area contributed by atoms with Gasteiger partial charge in [-0.25, -0.2) is 0 Å². The highest BCUT2D eigenvalue weighted by Crippen LogP contribution is 2.65. The molecule has 0 radical (unpaired) electrons. The molecule has 4 aliphatic carbocycles. The van der Waals surface area contributed by atoms with Crippen LogP contribution in [0.1, 0.15) is 52.4 Å². The third-order valence-electron chi connectivity index (χ3n) is 6.16. The number of amides is 1. The number of rotatable bonds is 1. The van der Waals surface area contributed by atoms with E-state index in [1.807, 2.05) is 11.8 Å². The Hall–Kier alpha value is -0.570. The number of aliphatic hydroxyl groups is 1. The molecule has 4 saturated carbocycles. The number of carbonyl (C=O) groups is 1. The monoisotopic (exact) mass is 263 g/mol. The summed E-state index contributed by atoms with van der Waals surface area (Å²) in [7, 11) is 0. The van der Waals surface area contributed by atoms with E-state index < -0.39 is 5.60 Å². The zero-order valence-corrected chi connectivity index (χ0v) is 12.1. The SMILES string of the molecule is CC1(O)CN(C(=O)C23CC4CC(CC(C)(C4)C2)C3)C1. The summed E-state index contributed by atoms with van der Waals surface area (Å²) in [5.41, 5.74) is -0.273. The molecule has 3 nitrogen and oxygen atoms in total. The molecule has 1 amide bonds. The van der Waals surface area contributed by atoms with Gasteiger partial charge in [0.15, 0.2) is 0 Å². The summed E-state index contributed by atoms with van der Waals surface area (Å²) in [4.78, 5) is 14.8. The number of hydrogen-bond acceptors (Lipinski definition) is 2. The molecule has 5 fully saturated rings. The van der Waals surface area contributed by atoms with E-state index in [0.29, 0.717) is 24.4 Å². The Morgan fingerprint density at radius 3 is 2.16 bits per heavy atom. The van der Waals surface area contributed by atoms with Crippen LogP contribution in [0.3, 0.4) is 0 Å². The highest BCUT2D eigenvalue weighted by atomic mass is 16.3. The average Bonchev–Trinajstić information content (AvgIpc) is 2.21. The second-order valence-corrected chi connectivity index (χ2v) is 8.71. The van der Waals surface area contributed by atoms with Gasteiger partial charge in [0.1, 0.15) is 0 Å². The lowest BCUT2D eigenvalue weighted by atomic mass is 9.44. The van der Waals surface area contributed by atoms with Crippen molar-refractivity contribution >= 4 is 5.91 Å². The van der Waals surface area contributed by atoms with Crippen molar-refractivity contribution < 1.29 is 9.90 Å². The molecule has 1 aliphatic heterocycles. The van der Waals surface area contributed by atoms with Gasteiger partial charge in [-0.15, -0.1) is 0 Å². The van der Waals surface area contributed by atoms with Crippen LogP contribution in [0.2, 0.25) is 0 Å². The van der Waals surface area contributed by atoms with Gasteiger partial charge in [0.2, 0.25) is 5.91 Å². The van der Waals surface area contributed by atoms with Crippen LogP contribution in [0.15, 0.2) is 0 Å². The van der Waals surface area contributed by atoms with E-state index in [9.17, 15) is 9.90 Å². The van der Waals surface area contributed by atoms with Crippen LogP contribution in [-0.4, -0.2) is 34.6 Å². The third kappa shape index (κ3) is 1.70. The van der Waals surface area contributed by atoms with Crippen molar-refractivity contribution in [1.82, 2.24) is 4.90 Å². The molecule has 5 rings (SSSR count). The van der Waals surface area contributed by atoms with Crippen LogP contribution in [-0.2, 0) is 4.79 Å². The number of β-amino-alcohol motifs (C(OH)–C–C–N with tert-alkyl or cyclic N) is 1. The number of nitrogens with zero attached hydrogens (tertiary/aromatic N) is 1. The van der Waals surface area contributed by atoms with E-state index in [0.717, 1.165) is 31.1 Å². The van der Waals surface area contributed by atoms with Gasteiger partial charge in [0, 0.05) is 0 Å². The summed E-state index contributed by atoms with van der Waals surface area (Å²) in [5, 5.41) is 9.87. The van der Waals surface area contributed by atoms with E-state index in [1.54, 1.807) is 0 Å². The molecule has 2 unspecified atom stereocenters. The van der Waals surface area contributed by atoms with Crippen LogP contribution in [0, 0.1) is 22.7 Å². The summed E-state index contributed by atoms with van der Waals surface area (Å²) < 4.78 is 0. The predicted molar refractivity (Wildman–Crippen MR) is 72.4 cm³/mol. The summed E-state index contributed by atoms with van der Waals surface area (Å²) in [5.74, 6) is 1.94. The maximum Gasteiger partial charge on any atom is 0.229 e. The largest absolute Gasteiger partial charge is 0.386 e. The fraction of sp³-hybridized carbons (Fsp3) is 0.938. The molecule has 1 saturated heterocycles. The first-order valence-corrected chi connectivity index (χ1v) is 7.81. The molecule has 0 aromatic heterocycles. The molecular formula is C16H25NO2. The van der Waals surface area contributed by atoms with E-state index in [-0.39, 0.29) is 5.41 Å². The first kappa shape index (κ1) is 12.2. The molecule has 0 aromatic carbocycles. The summed E-state index contributed by atoms with van der Waals surface area (Å²) >= 11 is 0. The van der Waals surface area contributed by atoms with E-state index in [4.69, 9.17) is 0 Å². The van der Waals surface area contributed by atoms with Gasteiger partial charge in [-0.2, -0.15) is 0 Å². The van der Waals surface area contributed by atoms with E-state index in [2.05, 4.69) is 6.92 Å². The number of hydrogen-bond donors (Lipinski definition) is 1. The molecular weight excluding hydrogens is 238 g/mol. The minimum atomic E-state index is -0.637. The number of carbonyl (C=O) groups excluding carboxylic acids is 1. The van der Waals surface area contributed by atoms with Gasteiger partial charge in [-0.3, -0.25) is 4.79 Å². The van der Waals surface area contributed by atoms with Crippen LogP contribution >= 0.6 is 0 Å². The fourth-order valence-corrected chi connectivity index (χ4v) is 6.23. The van der Waals surface area contributed by atoms with Crippen molar-refractivity contribution in [2.24, 2.45) is 22.7 Å². The summed E-state index contributed by atoms with van der Waals surface area (Å²) in [6.07, 6.45) is 7.40. The highest BCUT2D eigenvalue weighted by Gasteiger charge is 2.60. The van der Waals surface area contributed by atoms with Gasteiger partial charge in [-0.05, 0) is 62.7 Å². The van der Waals surface area contributed by atoms with Gasteiger partial charge in [-0.1, -0.05) is 6.92 Å². The van der Waals surface area contributed by atoms with Crippen LogP contribution in [0.4, 0.5) is 0 Å². The smallest absolute Gasteiger partial charge is 0.229 e. The van der Waals surface area contributed by atoms with Gasteiger partial charge >= 0.3 is 0 Å². The first-order chi connectivity index (χ1) is 8.79. The quantitative estimate of drug-likeness (QED) is 0.788. The van der Waals surface area contributed by atoms with Crippen LogP contribution < -0.4 is 0 Å². The van der Waals surface area contributed by atoms with Crippen molar-refractivity contribution in [2.45, 2.75) is 58.0 Å². The normalized spacial score (nSPS) is 50.2. The molecule has 1 N–H and O–H groups in total.